The lowest BCUT2D eigenvalue weighted by atomic mass is 9.76. The Labute approximate surface area is 117 Å². The quantitative estimate of drug-likeness (QED) is 0.766. The number of nitrogens with zero attached hydrogens (tertiary/aromatic N) is 2. The highest BCUT2D eigenvalue weighted by atomic mass is 15.2. The van der Waals surface area contributed by atoms with E-state index in [1.807, 2.05) is 10.9 Å². The molecule has 3 heteroatoms. The molecule has 1 aromatic rings. The van der Waals surface area contributed by atoms with E-state index in [-0.39, 0.29) is 0 Å². The lowest BCUT2D eigenvalue weighted by Gasteiger charge is -2.32. The second-order valence-corrected chi connectivity index (χ2v) is 5.99. The molecule has 0 saturated heterocycles. The van der Waals surface area contributed by atoms with E-state index in [1.165, 1.54) is 63.7 Å². The molecule has 0 spiro atoms. The molecule has 1 fully saturated rings. The van der Waals surface area contributed by atoms with E-state index < -0.39 is 0 Å². The second-order valence-electron chi connectivity index (χ2n) is 5.99. The molecule has 0 aliphatic heterocycles. The van der Waals surface area contributed by atoms with Crippen molar-refractivity contribution < 1.29 is 0 Å². The molecule has 1 N–H and O–H groups in total. The van der Waals surface area contributed by atoms with Crippen molar-refractivity contribution in [2.24, 2.45) is 18.9 Å². The molecule has 0 aromatic carbocycles. The highest BCUT2D eigenvalue weighted by Crippen LogP contribution is 2.32. The molecular weight excluding hydrogens is 234 g/mol. The van der Waals surface area contributed by atoms with Crippen LogP contribution in [0.2, 0.25) is 0 Å². The Hall–Kier alpha value is -0.830. The normalized spacial score (nSPS) is 23.7. The summed E-state index contributed by atoms with van der Waals surface area (Å²) < 4.78 is 2.02. The first-order valence-corrected chi connectivity index (χ1v) is 7.99. The Kier molecular flexibility index (Phi) is 5.90. The lowest BCUT2D eigenvalue weighted by Crippen LogP contribution is -2.31. The van der Waals surface area contributed by atoms with E-state index in [0.29, 0.717) is 0 Å². The summed E-state index contributed by atoms with van der Waals surface area (Å²) in [6.07, 6.45) is 11.4. The van der Waals surface area contributed by atoms with Crippen LogP contribution in [0.5, 0.6) is 0 Å². The zero-order chi connectivity index (χ0) is 13.5. The van der Waals surface area contributed by atoms with Crippen LogP contribution in [0.3, 0.4) is 0 Å². The van der Waals surface area contributed by atoms with Crippen molar-refractivity contribution in [1.29, 1.82) is 0 Å². The molecule has 108 valence electrons. The Morgan fingerprint density at radius 1 is 1.32 bits per heavy atom. The minimum atomic E-state index is 0.897. The smallest absolute Gasteiger partial charge is 0.0492 e. The van der Waals surface area contributed by atoms with Gasteiger partial charge < -0.3 is 5.32 Å². The Bertz CT molecular complexity index is 359. The molecule has 1 saturated carbocycles. The fourth-order valence-electron chi connectivity index (χ4n) is 3.38. The van der Waals surface area contributed by atoms with Crippen LogP contribution >= 0.6 is 0 Å². The first kappa shape index (κ1) is 14.6. The SMILES string of the molecule is CCCNCC1CCCCC1CCc1ccnn1C. The van der Waals surface area contributed by atoms with Crippen LogP contribution in [-0.2, 0) is 13.5 Å². The molecule has 3 nitrogen and oxygen atoms in total. The predicted molar refractivity (Wildman–Crippen MR) is 80.1 cm³/mol. The summed E-state index contributed by atoms with van der Waals surface area (Å²) in [5, 5.41) is 7.89. The molecule has 2 rings (SSSR count). The summed E-state index contributed by atoms with van der Waals surface area (Å²) in [6, 6.07) is 2.16. The largest absolute Gasteiger partial charge is 0.316 e. The van der Waals surface area contributed by atoms with Crippen LogP contribution in [0.25, 0.3) is 0 Å². The highest BCUT2D eigenvalue weighted by molar-refractivity contribution is 5.00. The number of nitrogens with one attached hydrogen (secondary N) is 1. The van der Waals surface area contributed by atoms with Crippen molar-refractivity contribution in [3.63, 3.8) is 0 Å². The van der Waals surface area contributed by atoms with Crippen molar-refractivity contribution in [3.05, 3.63) is 18.0 Å². The maximum absolute atomic E-state index is 4.26. The van der Waals surface area contributed by atoms with Gasteiger partial charge in [-0.15, -0.1) is 0 Å². The Morgan fingerprint density at radius 3 is 2.79 bits per heavy atom. The van der Waals surface area contributed by atoms with Crippen LogP contribution < -0.4 is 5.32 Å². The molecule has 1 aliphatic rings. The topological polar surface area (TPSA) is 29.9 Å². The van der Waals surface area contributed by atoms with Gasteiger partial charge in [0.15, 0.2) is 0 Å². The Balaban J connectivity index is 1.80. The van der Waals surface area contributed by atoms with E-state index in [2.05, 4.69) is 30.5 Å². The number of hydrogen-bond acceptors (Lipinski definition) is 2. The molecule has 0 radical (unpaired) electrons. The van der Waals surface area contributed by atoms with E-state index in [1.54, 1.807) is 0 Å². The van der Waals surface area contributed by atoms with E-state index >= 15 is 0 Å². The van der Waals surface area contributed by atoms with Crippen molar-refractivity contribution in [1.82, 2.24) is 15.1 Å². The zero-order valence-electron chi connectivity index (χ0n) is 12.6. The van der Waals surface area contributed by atoms with Gasteiger partial charge in [0.2, 0.25) is 0 Å². The molecule has 1 aromatic heterocycles. The molecule has 1 aliphatic carbocycles. The monoisotopic (exact) mass is 263 g/mol. The Morgan fingerprint density at radius 2 is 2.11 bits per heavy atom. The lowest BCUT2D eigenvalue weighted by molar-refractivity contribution is 0.217. The molecule has 0 amide bonds. The summed E-state index contributed by atoms with van der Waals surface area (Å²) in [5.74, 6) is 1.81. The maximum atomic E-state index is 4.26. The number of rotatable bonds is 7. The summed E-state index contributed by atoms with van der Waals surface area (Å²) in [6.45, 7) is 4.64. The van der Waals surface area contributed by atoms with Gasteiger partial charge in [-0.05, 0) is 56.7 Å². The summed E-state index contributed by atoms with van der Waals surface area (Å²) >= 11 is 0. The van der Waals surface area contributed by atoms with Crippen LogP contribution in [0.15, 0.2) is 12.3 Å². The zero-order valence-corrected chi connectivity index (χ0v) is 12.6. The third-order valence-corrected chi connectivity index (χ3v) is 4.59. The van der Waals surface area contributed by atoms with Gasteiger partial charge in [-0.2, -0.15) is 5.10 Å². The third kappa shape index (κ3) is 4.34. The van der Waals surface area contributed by atoms with Crippen LogP contribution in [0.1, 0.15) is 51.1 Å². The van der Waals surface area contributed by atoms with Crippen molar-refractivity contribution in [2.45, 2.75) is 51.9 Å². The minimum absolute atomic E-state index is 0.897. The standard InChI is InChI=1S/C16H29N3/c1-3-11-17-13-15-7-5-4-6-14(15)8-9-16-10-12-18-19(16)2/h10,12,14-15,17H,3-9,11,13H2,1-2H3. The first-order valence-electron chi connectivity index (χ1n) is 7.99. The molecule has 2 unspecified atom stereocenters. The van der Waals surface area contributed by atoms with Gasteiger partial charge >= 0.3 is 0 Å². The van der Waals surface area contributed by atoms with Gasteiger partial charge in [-0.25, -0.2) is 0 Å². The van der Waals surface area contributed by atoms with E-state index in [0.717, 1.165) is 11.8 Å². The number of hydrogen-bond donors (Lipinski definition) is 1. The van der Waals surface area contributed by atoms with Gasteiger partial charge in [0.05, 0.1) is 0 Å². The van der Waals surface area contributed by atoms with Crippen LogP contribution in [0.4, 0.5) is 0 Å². The highest BCUT2D eigenvalue weighted by Gasteiger charge is 2.24. The first-order chi connectivity index (χ1) is 9.31. The summed E-state index contributed by atoms with van der Waals surface area (Å²) in [4.78, 5) is 0. The average molecular weight is 263 g/mol. The van der Waals surface area contributed by atoms with E-state index in [9.17, 15) is 0 Å². The molecule has 0 bridgehead atoms. The summed E-state index contributed by atoms with van der Waals surface area (Å²) in [5.41, 5.74) is 1.38. The number of aryl methyl sites for hydroxylation is 2. The van der Waals surface area contributed by atoms with Gasteiger partial charge in [-0.1, -0.05) is 26.2 Å². The predicted octanol–water partition coefficient (Wildman–Crippen LogP) is 3.16. The molecular formula is C16H29N3. The van der Waals surface area contributed by atoms with Crippen molar-refractivity contribution in [2.75, 3.05) is 13.1 Å². The molecule has 1 heterocycles. The fraction of sp³-hybridized carbons (Fsp3) is 0.812. The van der Waals surface area contributed by atoms with Gasteiger partial charge in [-0.3, -0.25) is 4.68 Å². The maximum Gasteiger partial charge on any atom is 0.0492 e. The fourth-order valence-corrected chi connectivity index (χ4v) is 3.38. The van der Waals surface area contributed by atoms with Crippen LogP contribution in [-0.4, -0.2) is 22.9 Å². The minimum Gasteiger partial charge on any atom is -0.316 e. The molecule has 2 atom stereocenters. The second kappa shape index (κ2) is 7.68. The van der Waals surface area contributed by atoms with Gasteiger partial charge in [0.25, 0.3) is 0 Å². The van der Waals surface area contributed by atoms with Gasteiger partial charge in [0, 0.05) is 18.9 Å². The van der Waals surface area contributed by atoms with Gasteiger partial charge in [0.1, 0.15) is 0 Å². The average Bonchev–Trinajstić information content (AvgIpc) is 2.83. The molecule has 19 heavy (non-hydrogen) atoms. The van der Waals surface area contributed by atoms with E-state index in [4.69, 9.17) is 0 Å². The number of aromatic nitrogens is 2. The van der Waals surface area contributed by atoms with Crippen molar-refractivity contribution in [3.8, 4) is 0 Å². The van der Waals surface area contributed by atoms with Crippen molar-refractivity contribution >= 4 is 0 Å². The summed E-state index contributed by atoms with van der Waals surface area (Å²) in [7, 11) is 2.05. The van der Waals surface area contributed by atoms with Crippen LogP contribution in [0, 0.1) is 11.8 Å². The third-order valence-electron chi connectivity index (χ3n) is 4.59.